The molecule has 0 fully saturated rings. The zero-order valence-corrected chi connectivity index (χ0v) is 7.73. The summed E-state index contributed by atoms with van der Waals surface area (Å²) >= 11 is 0. The predicted molar refractivity (Wildman–Crippen MR) is 50.8 cm³/mol. The summed E-state index contributed by atoms with van der Waals surface area (Å²) in [4.78, 5) is 17.6. The lowest BCUT2D eigenvalue weighted by Crippen LogP contribution is -2.41. The Labute approximate surface area is 81.5 Å². The summed E-state index contributed by atoms with van der Waals surface area (Å²) in [5.41, 5.74) is 5.27. The van der Waals surface area contributed by atoms with E-state index in [-0.39, 0.29) is 0 Å². The Morgan fingerprint density at radius 3 is 3.07 bits per heavy atom. The first-order valence-electron chi connectivity index (χ1n) is 4.38. The predicted octanol–water partition coefficient (Wildman–Crippen LogP) is -1.05. The molecule has 0 aliphatic carbocycles. The number of hydrogen-bond acceptors (Lipinski definition) is 4. The number of carbonyl (C=O) groups is 1. The van der Waals surface area contributed by atoms with Gasteiger partial charge >= 0.3 is 5.97 Å². The fourth-order valence-corrected chi connectivity index (χ4v) is 1.11. The number of imidazole rings is 1. The fraction of sp³-hybridized carbons (Fsp3) is 0.500. The van der Waals surface area contributed by atoms with E-state index in [1.54, 1.807) is 12.4 Å². The van der Waals surface area contributed by atoms with Crippen LogP contribution in [0, 0.1) is 0 Å². The lowest BCUT2D eigenvalue weighted by atomic mass is 10.2. The van der Waals surface area contributed by atoms with Crippen molar-refractivity contribution in [1.82, 2.24) is 15.3 Å². The second kappa shape index (κ2) is 5.36. The zero-order valence-electron chi connectivity index (χ0n) is 7.73. The van der Waals surface area contributed by atoms with Crippen molar-refractivity contribution in [2.24, 2.45) is 5.73 Å². The standard InChI is InChI=1S/C8H14N4O2/c9-1-2-10-6(8(13)14)5-7-11-3-4-12-7/h3-4,6,10H,1-2,5,9H2,(H,11,12)(H,13,14). The van der Waals surface area contributed by atoms with E-state index in [0.717, 1.165) is 0 Å². The number of carboxylic acids is 1. The molecule has 0 aliphatic heterocycles. The third kappa shape index (κ3) is 3.15. The number of nitrogens with two attached hydrogens (primary N) is 1. The molecule has 0 saturated carbocycles. The van der Waals surface area contributed by atoms with Gasteiger partial charge in [-0.05, 0) is 0 Å². The van der Waals surface area contributed by atoms with E-state index in [1.807, 2.05) is 0 Å². The third-order valence-electron chi connectivity index (χ3n) is 1.79. The zero-order chi connectivity index (χ0) is 10.4. The maximum absolute atomic E-state index is 10.8. The van der Waals surface area contributed by atoms with Crippen molar-refractivity contribution in [2.45, 2.75) is 12.5 Å². The lowest BCUT2D eigenvalue weighted by Gasteiger charge is -2.11. The van der Waals surface area contributed by atoms with Gasteiger partial charge < -0.3 is 21.1 Å². The van der Waals surface area contributed by atoms with Crippen molar-refractivity contribution in [1.29, 1.82) is 0 Å². The van der Waals surface area contributed by atoms with E-state index in [1.165, 1.54) is 0 Å². The molecular formula is C8H14N4O2. The molecule has 6 heteroatoms. The van der Waals surface area contributed by atoms with Gasteiger partial charge in [-0.3, -0.25) is 4.79 Å². The van der Waals surface area contributed by atoms with Crippen LogP contribution in [0.2, 0.25) is 0 Å². The molecule has 6 nitrogen and oxygen atoms in total. The fourth-order valence-electron chi connectivity index (χ4n) is 1.11. The van der Waals surface area contributed by atoms with E-state index < -0.39 is 12.0 Å². The van der Waals surface area contributed by atoms with E-state index in [9.17, 15) is 4.79 Å². The van der Waals surface area contributed by atoms with Crippen molar-refractivity contribution in [3.8, 4) is 0 Å². The molecule has 0 saturated heterocycles. The van der Waals surface area contributed by atoms with Gasteiger partial charge in [-0.2, -0.15) is 0 Å². The van der Waals surface area contributed by atoms with E-state index in [2.05, 4.69) is 15.3 Å². The summed E-state index contributed by atoms with van der Waals surface area (Å²) < 4.78 is 0. The van der Waals surface area contributed by atoms with Crippen LogP contribution in [0.5, 0.6) is 0 Å². The molecule has 1 aromatic heterocycles. The molecule has 1 aromatic rings. The third-order valence-corrected chi connectivity index (χ3v) is 1.79. The summed E-state index contributed by atoms with van der Waals surface area (Å²) in [7, 11) is 0. The molecule has 5 N–H and O–H groups in total. The topological polar surface area (TPSA) is 104 Å². The van der Waals surface area contributed by atoms with Gasteiger partial charge in [0.2, 0.25) is 0 Å². The van der Waals surface area contributed by atoms with Gasteiger partial charge in [0.25, 0.3) is 0 Å². The molecule has 0 bridgehead atoms. The molecule has 0 spiro atoms. The molecule has 0 amide bonds. The smallest absolute Gasteiger partial charge is 0.321 e. The largest absolute Gasteiger partial charge is 0.480 e. The summed E-state index contributed by atoms with van der Waals surface area (Å²) in [6, 6.07) is -0.635. The van der Waals surface area contributed by atoms with Gasteiger partial charge in [-0.15, -0.1) is 0 Å². The number of nitrogens with zero attached hydrogens (tertiary/aromatic N) is 1. The first-order valence-corrected chi connectivity index (χ1v) is 4.38. The average Bonchev–Trinajstić information content (AvgIpc) is 2.64. The Bertz CT molecular complexity index is 273. The highest BCUT2D eigenvalue weighted by Gasteiger charge is 2.17. The van der Waals surface area contributed by atoms with Crippen molar-refractivity contribution in [3.05, 3.63) is 18.2 Å². The van der Waals surface area contributed by atoms with E-state index >= 15 is 0 Å². The molecular weight excluding hydrogens is 184 g/mol. The average molecular weight is 198 g/mol. The number of aromatic nitrogens is 2. The highest BCUT2D eigenvalue weighted by Crippen LogP contribution is 1.96. The first-order chi connectivity index (χ1) is 6.74. The molecule has 0 radical (unpaired) electrons. The maximum Gasteiger partial charge on any atom is 0.321 e. The summed E-state index contributed by atoms with van der Waals surface area (Å²) in [6.07, 6.45) is 3.59. The molecule has 1 rings (SSSR count). The Balaban J connectivity index is 2.47. The number of H-pyrrole nitrogens is 1. The van der Waals surface area contributed by atoms with Gasteiger partial charge in [0.1, 0.15) is 11.9 Å². The summed E-state index contributed by atoms with van der Waals surface area (Å²) in [6.45, 7) is 0.902. The van der Waals surface area contributed by atoms with Crippen molar-refractivity contribution in [2.75, 3.05) is 13.1 Å². The van der Waals surface area contributed by atoms with Crippen LogP contribution in [-0.4, -0.2) is 40.2 Å². The molecule has 14 heavy (non-hydrogen) atoms. The number of rotatable bonds is 6. The van der Waals surface area contributed by atoms with E-state index in [4.69, 9.17) is 10.8 Å². The van der Waals surface area contributed by atoms with Crippen LogP contribution in [0.4, 0.5) is 0 Å². The highest BCUT2D eigenvalue weighted by atomic mass is 16.4. The SMILES string of the molecule is NCCNC(Cc1ncc[nH]1)C(=O)O. The Kier molecular flexibility index (Phi) is 4.09. The highest BCUT2D eigenvalue weighted by molar-refractivity contribution is 5.73. The van der Waals surface area contributed by atoms with Gasteiger partial charge in [0.15, 0.2) is 0 Å². The number of aromatic amines is 1. The maximum atomic E-state index is 10.8. The number of nitrogens with one attached hydrogen (secondary N) is 2. The first kappa shape index (κ1) is 10.7. The summed E-state index contributed by atoms with van der Waals surface area (Å²) in [5, 5.41) is 11.7. The minimum Gasteiger partial charge on any atom is -0.480 e. The Morgan fingerprint density at radius 2 is 2.57 bits per heavy atom. The summed E-state index contributed by atoms with van der Waals surface area (Å²) in [5.74, 6) is -0.239. The van der Waals surface area contributed by atoms with Gasteiger partial charge in [0.05, 0.1) is 0 Å². The van der Waals surface area contributed by atoms with Crippen molar-refractivity contribution < 1.29 is 9.90 Å². The van der Waals surface area contributed by atoms with Crippen LogP contribution in [0.25, 0.3) is 0 Å². The van der Waals surface area contributed by atoms with Gasteiger partial charge in [-0.1, -0.05) is 0 Å². The van der Waals surface area contributed by atoms with Crippen LogP contribution in [-0.2, 0) is 11.2 Å². The van der Waals surface area contributed by atoms with E-state index in [0.29, 0.717) is 25.3 Å². The number of aliphatic carboxylic acids is 1. The Morgan fingerprint density at radius 1 is 1.79 bits per heavy atom. The number of carboxylic acid groups (broad SMARTS) is 1. The second-order valence-corrected chi connectivity index (χ2v) is 2.87. The van der Waals surface area contributed by atoms with Gasteiger partial charge in [0, 0.05) is 31.9 Å². The van der Waals surface area contributed by atoms with Crippen molar-refractivity contribution in [3.63, 3.8) is 0 Å². The molecule has 1 unspecified atom stereocenters. The monoisotopic (exact) mass is 198 g/mol. The van der Waals surface area contributed by atoms with Gasteiger partial charge in [-0.25, -0.2) is 4.98 Å². The van der Waals surface area contributed by atoms with Crippen molar-refractivity contribution >= 4 is 5.97 Å². The lowest BCUT2D eigenvalue weighted by molar-refractivity contribution is -0.139. The molecule has 78 valence electrons. The quantitative estimate of drug-likeness (QED) is 0.467. The van der Waals surface area contributed by atoms with Crippen LogP contribution >= 0.6 is 0 Å². The molecule has 0 aliphatic rings. The minimum atomic E-state index is -0.894. The second-order valence-electron chi connectivity index (χ2n) is 2.87. The normalized spacial score (nSPS) is 12.6. The number of hydrogen-bond donors (Lipinski definition) is 4. The molecule has 1 heterocycles. The van der Waals surface area contributed by atoms with Crippen LogP contribution in [0.15, 0.2) is 12.4 Å². The molecule has 1 atom stereocenters. The van der Waals surface area contributed by atoms with Crippen LogP contribution < -0.4 is 11.1 Å². The Hall–Kier alpha value is -1.40. The molecule has 0 aromatic carbocycles. The van der Waals surface area contributed by atoms with Crippen LogP contribution in [0.1, 0.15) is 5.82 Å². The van der Waals surface area contributed by atoms with Crippen LogP contribution in [0.3, 0.4) is 0 Å². The minimum absolute atomic E-state index is 0.336.